The Morgan fingerprint density at radius 3 is 2.83 bits per heavy atom. The van der Waals surface area contributed by atoms with Gasteiger partial charge in [0.15, 0.2) is 0 Å². The Labute approximate surface area is 110 Å². The van der Waals surface area contributed by atoms with E-state index in [9.17, 15) is 5.26 Å². The third-order valence-electron chi connectivity index (χ3n) is 3.57. The van der Waals surface area contributed by atoms with Gasteiger partial charge in [0.05, 0.1) is 17.1 Å². The van der Waals surface area contributed by atoms with E-state index in [2.05, 4.69) is 21.4 Å². The molecule has 4 nitrogen and oxygen atoms in total. The molecule has 92 valence electrons. The maximum absolute atomic E-state index is 9.51. The van der Waals surface area contributed by atoms with Gasteiger partial charge >= 0.3 is 0 Å². The molecule has 1 aliphatic rings. The summed E-state index contributed by atoms with van der Waals surface area (Å²) in [6.07, 6.45) is 1.58. The molecule has 0 radical (unpaired) electrons. The second-order valence-corrected chi connectivity index (χ2v) is 5.13. The van der Waals surface area contributed by atoms with Crippen molar-refractivity contribution >= 4 is 22.6 Å². The monoisotopic (exact) mass is 260 g/mol. The van der Waals surface area contributed by atoms with Gasteiger partial charge in [-0.2, -0.15) is 5.26 Å². The van der Waals surface area contributed by atoms with Crippen LogP contribution in [0, 0.1) is 11.3 Å². The summed E-state index contributed by atoms with van der Waals surface area (Å²) in [5, 5.41) is 13.4. The smallest absolute Gasteiger partial charge is 0.127 e. The molecule has 18 heavy (non-hydrogen) atoms. The molecular weight excluding hydrogens is 248 g/mol. The van der Waals surface area contributed by atoms with Crippen LogP contribution in [0.2, 0.25) is 5.02 Å². The Hall–Kier alpha value is -1.57. The number of imidazole rings is 1. The fourth-order valence-corrected chi connectivity index (χ4v) is 2.63. The van der Waals surface area contributed by atoms with Gasteiger partial charge in [-0.05, 0) is 44.1 Å². The largest absolute Gasteiger partial charge is 0.341 e. The zero-order chi connectivity index (χ0) is 12.6. The second-order valence-electron chi connectivity index (χ2n) is 4.69. The van der Waals surface area contributed by atoms with Gasteiger partial charge in [-0.15, -0.1) is 0 Å². The Morgan fingerprint density at radius 2 is 2.11 bits per heavy atom. The highest BCUT2D eigenvalue weighted by Gasteiger charge is 2.37. The molecule has 2 aromatic rings. The minimum atomic E-state index is -0.489. The zero-order valence-corrected chi connectivity index (χ0v) is 10.6. The summed E-state index contributed by atoms with van der Waals surface area (Å²) < 4.78 is 0. The summed E-state index contributed by atoms with van der Waals surface area (Å²) in [4.78, 5) is 7.81. The van der Waals surface area contributed by atoms with Gasteiger partial charge in [0.2, 0.25) is 0 Å². The summed E-state index contributed by atoms with van der Waals surface area (Å²) in [6, 6.07) is 7.99. The number of H-pyrrole nitrogens is 1. The van der Waals surface area contributed by atoms with E-state index in [1.165, 1.54) is 0 Å². The van der Waals surface area contributed by atoms with E-state index in [0.29, 0.717) is 5.02 Å². The molecule has 0 amide bonds. The van der Waals surface area contributed by atoms with Gasteiger partial charge in [-0.25, -0.2) is 4.98 Å². The number of piperidine rings is 1. The maximum Gasteiger partial charge on any atom is 0.127 e. The van der Waals surface area contributed by atoms with Crippen LogP contribution in [-0.2, 0) is 5.41 Å². The molecule has 1 aliphatic heterocycles. The van der Waals surface area contributed by atoms with E-state index in [1.807, 2.05) is 18.2 Å². The van der Waals surface area contributed by atoms with Crippen LogP contribution >= 0.6 is 11.6 Å². The normalized spacial score (nSPS) is 18.7. The number of aromatic nitrogens is 2. The van der Waals surface area contributed by atoms with E-state index in [-0.39, 0.29) is 0 Å². The number of nitriles is 1. The number of fused-ring (bicyclic) bond motifs is 1. The highest BCUT2D eigenvalue weighted by molar-refractivity contribution is 6.31. The van der Waals surface area contributed by atoms with Crippen molar-refractivity contribution in [3.63, 3.8) is 0 Å². The van der Waals surface area contributed by atoms with Crippen molar-refractivity contribution in [1.82, 2.24) is 15.3 Å². The number of hydrogen-bond donors (Lipinski definition) is 2. The van der Waals surface area contributed by atoms with Crippen LogP contribution in [0.3, 0.4) is 0 Å². The molecule has 0 unspecified atom stereocenters. The van der Waals surface area contributed by atoms with E-state index < -0.39 is 5.41 Å². The maximum atomic E-state index is 9.51. The molecule has 2 N–H and O–H groups in total. The first-order valence-corrected chi connectivity index (χ1v) is 6.39. The summed E-state index contributed by atoms with van der Waals surface area (Å²) in [5.74, 6) is 0.767. The molecule has 0 saturated carbocycles. The van der Waals surface area contributed by atoms with Gasteiger partial charge in [-0.1, -0.05) is 11.6 Å². The number of aromatic amines is 1. The van der Waals surface area contributed by atoms with Crippen LogP contribution in [0.25, 0.3) is 11.0 Å². The summed E-state index contributed by atoms with van der Waals surface area (Å²) >= 11 is 5.95. The third-order valence-corrected chi connectivity index (χ3v) is 3.80. The minimum absolute atomic E-state index is 0.489. The first-order valence-electron chi connectivity index (χ1n) is 6.01. The van der Waals surface area contributed by atoms with E-state index in [4.69, 9.17) is 11.6 Å². The summed E-state index contributed by atoms with van der Waals surface area (Å²) in [7, 11) is 0. The fraction of sp³-hybridized carbons (Fsp3) is 0.385. The van der Waals surface area contributed by atoms with Crippen molar-refractivity contribution in [2.75, 3.05) is 13.1 Å². The Bertz CT molecular complexity index is 619. The van der Waals surface area contributed by atoms with E-state index in [0.717, 1.165) is 42.8 Å². The topological polar surface area (TPSA) is 64.5 Å². The lowest BCUT2D eigenvalue weighted by Gasteiger charge is -2.29. The van der Waals surface area contributed by atoms with Crippen molar-refractivity contribution in [3.05, 3.63) is 29.0 Å². The third kappa shape index (κ3) is 1.76. The molecule has 1 fully saturated rings. The zero-order valence-electron chi connectivity index (χ0n) is 9.83. The van der Waals surface area contributed by atoms with Crippen LogP contribution in [0.1, 0.15) is 18.7 Å². The molecule has 1 saturated heterocycles. The van der Waals surface area contributed by atoms with Gasteiger partial charge in [0, 0.05) is 5.02 Å². The molecule has 1 aromatic heterocycles. The number of hydrogen-bond acceptors (Lipinski definition) is 3. The number of nitrogens with one attached hydrogen (secondary N) is 2. The highest BCUT2D eigenvalue weighted by atomic mass is 35.5. The van der Waals surface area contributed by atoms with E-state index >= 15 is 0 Å². The molecule has 1 aromatic carbocycles. The van der Waals surface area contributed by atoms with Gasteiger partial charge < -0.3 is 10.3 Å². The number of rotatable bonds is 1. The van der Waals surface area contributed by atoms with Crippen LogP contribution in [0.5, 0.6) is 0 Å². The Morgan fingerprint density at radius 1 is 1.33 bits per heavy atom. The summed E-state index contributed by atoms with van der Waals surface area (Å²) in [5.41, 5.74) is 1.27. The lowest BCUT2D eigenvalue weighted by Crippen LogP contribution is -2.39. The quantitative estimate of drug-likeness (QED) is 0.827. The van der Waals surface area contributed by atoms with Crippen molar-refractivity contribution in [2.45, 2.75) is 18.3 Å². The molecule has 0 bridgehead atoms. The number of halogens is 1. The molecular formula is C13H13ClN4. The SMILES string of the molecule is N#CC1(c2nc3cc(Cl)ccc3[nH]2)CCNCC1. The highest BCUT2D eigenvalue weighted by Crippen LogP contribution is 2.32. The average molecular weight is 261 g/mol. The molecule has 2 heterocycles. The number of nitrogens with zero attached hydrogens (tertiary/aromatic N) is 2. The van der Waals surface area contributed by atoms with Gasteiger partial charge in [0.25, 0.3) is 0 Å². The first-order chi connectivity index (χ1) is 8.73. The number of benzene rings is 1. The Kier molecular flexibility index (Phi) is 2.73. The van der Waals surface area contributed by atoms with Crippen molar-refractivity contribution < 1.29 is 0 Å². The van der Waals surface area contributed by atoms with Crippen LogP contribution < -0.4 is 5.32 Å². The lowest BCUT2D eigenvalue weighted by molar-refractivity contribution is 0.369. The van der Waals surface area contributed by atoms with Gasteiger partial charge in [0.1, 0.15) is 11.2 Å². The van der Waals surface area contributed by atoms with Crippen LogP contribution in [0.4, 0.5) is 0 Å². The second kappa shape index (κ2) is 4.27. The molecule has 0 aliphatic carbocycles. The lowest BCUT2D eigenvalue weighted by atomic mass is 9.80. The molecule has 0 atom stereocenters. The fourth-order valence-electron chi connectivity index (χ4n) is 2.46. The van der Waals surface area contributed by atoms with E-state index in [1.54, 1.807) is 0 Å². The first kappa shape index (κ1) is 11.5. The molecule has 5 heteroatoms. The molecule has 0 spiro atoms. The Balaban J connectivity index is 2.10. The van der Waals surface area contributed by atoms with Crippen LogP contribution in [0.15, 0.2) is 18.2 Å². The summed E-state index contributed by atoms with van der Waals surface area (Å²) in [6.45, 7) is 1.71. The standard InChI is InChI=1S/C13H13ClN4/c14-9-1-2-10-11(7-9)18-12(17-10)13(8-15)3-5-16-6-4-13/h1-2,7,16H,3-6H2,(H,17,18). The minimum Gasteiger partial charge on any atom is -0.341 e. The van der Waals surface area contributed by atoms with Crippen LogP contribution in [-0.4, -0.2) is 23.1 Å². The molecule has 3 rings (SSSR count). The van der Waals surface area contributed by atoms with Crippen molar-refractivity contribution in [1.29, 1.82) is 5.26 Å². The predicted molar refractivity (Wildman–Crippen MR) is 70.5 cm³/mol. The van der Waals surface area contributed by atoms with Gasteiger partial charge in [-0.3, -0.25) is 0 Å². The predicted octanol–water partition coefficient (Wildman–Crippen LogP) is 2.36. The average Bonchev–Trinajstić information content (AvgIpc) is 2.83. The van der Waals surface area contributed by atoms with Crippen molar-refractivity contribution in [2.24, 2.45) is 0 Å². The van der Waals surface area contributed by atoms with Crippen molar-refractivity contribution in [3.8, 4) is 6.07 Å².